The second-order valence-corrected chi connectivity index (χ2v) is 12.4. The van der Waals surface area contributed by atoms with Crippen LogP contribution in [0.25, 0.3) is 0 Å². The number of nitrogens with zero attached hydrogens (tertiary/aromatic N) is 1. The second kappa shape index (κ2) is 18.1. The maximum absolute atomic E-state index is 11.9. The summed E-state index contributed by atoms with van der Waals surface area (Å²) < 4.78 is 10.5. The number of hydrogen-bond donors (Lipinski definition) is 3. The minimum atomic E-state index is -0.466. The monoisotopic (exact) mass is 584 g/mol. The highest BCUT2D eigenvalue weighted by atomic mass is 16.6. The number of nitrogen functional groups attached to an aromatic ring is 1. The smallest absolute Gasteiger partial charge is 0.410 e. The Hall–Kier alpha value is -3.59. The van der Waals surface area contributed by atoms with Gasteiger partial charge in [-0.3, -0.25) is 9.59 Å². The van der Waals surface area contributed by atoms with Gasteiger partial charge in [0.05, 0.1) is 0 Å². The third-order valence-corrected chi connectivity index (χ3v) is 5.68. The van der Waals surface area contributed by atoms with Crippen LogP contribution in [0.3, 0.4) is 0 Å². The average Bonchev–Trinajstić information content (AvgIpc) is 2.87. The number of nitrogens with one attached hydrogen (secondary N) is 2. The van der Waals surface area contributed by atoms with E-state index in [1.165, 1.54) is 10.5 Å². The van der Waals surface area contributed by atoms with Gasteiger partial charge in [0.2, 0.25) is 5.91 Å². The van der Waals surface area contributed by atoms with Crippen molar-refractivity contribution in [1.82, 2.24) is 10.2 Å². The van der Waals surface area contributed by atoms with Crippen LogP contribution in [0.1, 0.15) is 91.2 Å². The van der Waals surface area contributed by atoms with E-state index < -0.39 is 11.2 Å². The van der Waals surface area contributed by atoms with Gasteiger partial charge in [-0.25, -0.2) is 4.79 Å². The van der Waals surface area contributed by atoms with Crippen molar-refractivity contribution in [1.29, 1.82) is 0 Å². The maximum Gasteiger partial charge on any atom is 0.410 e. The minimum absolute atomic E-state index is 0.0357. The van der Waals surface area contributed by atoms with Crippen LogP contribution in [0, 0.1) is 0 Å². The number of nitrogens with two attached hydrogens (primary N) is 1. The lowest BCUT2D eigenvalue weighted by atomic mass is 10.1. The molecule has 9 heteroatoms. The highest BCUT2D eigenvalue weighted by Gasteiger charge is 2.19. The summed E-state index contributed by atoms with van der Waals surface area (Å²) in [6.07, 6.45) is 4.14. The molecule has 234 valence electrons. The van der Waals surface area contributed by atoms with E-state index in [0.29, 0.717) is 25.1 Å². The number of anilines is 2. The molecule has 42 heavy (non-hydrogen) atoms. The van der Waals surface area contributed by atoms with Gasteiger partial charge in [0, 0.05) is 44.4 Å². The highest BCUT2D eigenvalue weighted by Crippen LogP contribution is 2.14. The fourth-order valence-corrected chi connectivity index (χ4v) is 3.74. The summed E-state index contributed by atoms with van der Waals surface area (Å²) in [5.41, 5.74) is 8.46. The molecule has 0 aliphatic rings. The van der Waals surface area contributed by atoms with Crippen LogP contribution in [0.2, 0.25) is 0 Å². The molecule has 0 aliphatic carbocycles. The predicted molar refractivity (Wildman–Crippen MR) is 170 cm³/mol. The summed E-state index contributed by atoms with van der Waals surface area (Å²) >= 11 is 0. The molecule has 0 bridgehead atoms. The molecule has 9 nitrogen and oxygen atoms in total. The van der Waals surface area contributed by atoms with Crippen molar-refractivity contribution in [2.75, 3.05) is 25.1 Å². The van der Waals surface area contributed by atoms with Crippen LogP contribution >= 0.6 is 0 Å². The SMILES string of the molecule is CN(Cc1ccc(N)cc1)C(=O)OC(C)(C)C.CNCc1ccc(NC(=O)CCCCCCC(=O)OC(C)(C)C)cc1. The quantitative estimate of drug-likeness (QED) is 0.145. The normalized spacial score (nSPS) is 11.1. The van der Waals surface area contributed by atoms with Crippen LogP contribution < -0.4 is 16.4 Å². The zero-order valence-corrected chi connectivity index (χ0v) is 26.8. The van der Waals surface area contributed by atoms with E-state index in [2.05, 4.69) is 10.6 Å². The van der Waals surface area contributed by atoms with Gasteiger partial charge in [-0.1, -0.05) is 37.1 Å². The molecule has 0 spiro atoms. The summed E-state index contributed by atoms with van der Waals surface area (Å²) in [5, 5.41) is 6.00. The van der Waals surface area contributed by atoms with E-state index in [0.717, 1.165) is 43.5 Å². The van der Waals surface area contributed by atoms with Crippen molar-refractivity contribution in [3.8, 4) is 0 Å². The molecule has 2 aromatic rings. The number of benzene rings is 2. The first kappa shape index (κ1) is 36.4. The Balaban J connectivity index is 0.000000452. The molecule has 2 aromatic carbocycles. The largest absolute Gasteiger partial charge is 0.460 e. The Morgan fingerprint density at radius 2 is 1.29 bits per heavy atom. The summed E-state index contributed by atoms with van der Waals surface area (Å²) in [4.78, 5) is 36.7. The van der Waals surface area contributed by atoms with E-state index >= 15 is 0 Å². The van der Waals surface area contributed by atoms with E-state index in [9.17, 15) is 14.4 Å². The van der Waals surface area contributed by atoms with Gasteiger partial charge >= 0.3 is 12.1 Å². The molecule has 2 rings (SSSR count). The molecule has 0 aromatic heterocycles. The van der Waals surface area contributed by atoms with Crippen molar-refractivity contribution in [2.45, 2.75) is 104 Å². The number of hydrogen-bond acceptors (Lipinski definition) is 7. The van der Waals surface area contributed by atoms with Crippen LogP contribution in [-0.4, -0.2) is 48.2 Å². The number of ether oxygens (including phenoxy) is 2. The van der Waals surface area contributed by atoms with Gasteiger partial charge in [-0.05, 0) is 96.8 Å². The maximum atomic E-state index is 11.9. The number of rotatable bonds is 12. The van der Waals surface area contributed by atoms with Crippen molar-refractivity contribution < 1.29 is 23.9 Å². The third kappa shape index (κ3) is 18.0. The van der Waals surface area contributed by atoms with E-state index in [1.54, 1.807) is 7.05 Å². The molecule has 4 N–H and O–H groups in total. The van der Waals surface area contributed by atoms with Gasteiger partial charge in [0.15, 0.2) is 0 Å². The second-order valence-electron chi connectivity index (χ2n) is 12.4. The van der Waals surface area contributed by atoms with Crippen LogP contribution in [0.5, 0.6) is 0 Å². The Labute approximate surface area is 252 Å². The van der Waals surface area contributed by atoms with Crippen LogP contribution in [0.15, 0.2) is 48.5 Å². The number of carbonyl (C=O) groups is 3. The van der Waals surface area contributed by atoms with Gasteiger partial charge < -0.3 is 30.7 Å². The Morgan fingerprint density at radius 3 is 1.81 bits per heavy atom. The molecule has 0 saturated carbocycles. The van der Waals surface area contributed by atoms with E-state index in [-0.39, 0.29) is 18.0 Å². The van der Waals surface area contributed by atoms with Gasteiger partial charge in [0.25, 0.3) is 0 Å². The average molecular weight is 585 g/mol. The molecule has 0 radical (unpaired) electrons. The Morgan fingerprint density at radius 1 is 0.762 bits per heavy atom. The fourth-order valence-electron chi connectivity index (χ4n) is 3.74. The number of carbonyl (C=O) groups excluding carboxylic acids is 3. The predicted octanol–water partition coefficient (Wildman–Crippen LogP) is 6.66. The molecule has 0 unspecified atom stereocenters. The number of esters is 1. The minimum Gasteiger partial charge on any atom is -0.460 e. The number of unbranched alkanes of at least 4 members (excludes halogenated alkanes) is 3. The van der Waals surface area contributed by atoms with Gasteiger partial charge in [0.1, 0.15) is 11.2 Å². The zero-order valence-electron chi connectivity index (χ0n) is 26.8. The summed E-state index contributed by atoms with van der Waals surface area (Å²) in [6.45, 7) is 12.5. The first-order valence-corrected chi connectivity index (χ1v) is 14.6. The van der Waals surface area contributed by atoms with Crippen molar-refractivity contribution in [3.05, 3.63) is 59.7 Å². The Kier molecular flexibility index (Phi) is 15.7. The lowest BCUT2D eigenvalue weighted by molar-refractivity contribution is -0.154. The Bertz CT molecular complexity index is 1090. The topological polar surface area (TPSA) is 123 Å². The van der Waals surface area contributed by atoms with Crippen molar-refractivity contribution >= 4 is 29.3 Å². The first-order valence-electron chi connectivity index (χ1n) is 14.6. The van der Waals surface area contributed by atoms with Crippen molar-refractivity contribution in [2.24, 2.45) is 0 Å². The van der Waals surface area contributed by atoms with Gasteiger partial charge in [-0.15, -0.1) is 0 Å². The molecule has 0 aliphatic heterocycles. The first-order chi connectivity index (χ1) is 19.6. The summed E-state index contributed by atoms with van der Waals surface area (Å²) in [6, 6.07) is 15.3. The molecule has 0 heterocycles. The third-order valence-electron chi connectivity index (χ3n) is 5.68. The van der Waals surface area contributed by atoms with E-state index in [4.69, 9.17) is 15.2 Å². The molecular weight excluding hydrogens is 532 g/mol. The highest BCUT2D eigenvalue weighted by molar-refractivity contribution is 5.90. The summed E-state index contributed by atoms with van der Waals surface area (Å²) in [7, 11) is 3.62. The lowest BCUT2D eigenvalue weighted by Gasteiger charge is -2.24. The van der Waals surface area contributed by atoms with Gasteiger partial charge in [-0.2, -0.15) is 0 Å². The van der Waals surface area contributed by atoms with E-state index in [1.807, 2.05) is 97.1 Å². The lowest BCUT2D eigenvalue weighted by Crippen LogP contribution is -2.33. The zero-order chi connectivity index (χ0) is 31.8. The molecule has 0 fully saturated rings. The molecule has 0 atom stereocenters. The molecular formula is C33H52N4O5. The number of amides is 2. The fraction of sp³-hybridized carbons (Fsp3) is 0.545. The molecule has 2 amide bonds. The molecule has 0 saturated heterocycles. The standard InChI is InChI=1S/C20H32N2O3.C13H20N2O2/c1-20(2,3)25-19(24)10-8-6-5-7-9-18(23)22-17-13-11-16(12-14-17)15-21-4;1-13(2,3)17-12(16)15(4)9-10-5-7-11(14)8-6-10/h11-14,21H,5-10,15H2,1-4H3,(H,22,23);5-8H,9,14H2,1-4H3. The van der Waals surface area contributed by atoms with Crippen molar-refractivity contribution in [3.63, 3.8) is 0 Å². The van der Waals surface area contributed by atoms with Crippen LogP contribution in [0.4, 0.5) is 16.2 Å². The van der Waals surface area contributed by atoms with Crippen LogP contribution in [-0.2, 0) is 32.2 Å². The summed E-state index contributed by atoms with van der Waals surface area (Å²) in [5.74, 6) is -0.111.